The zero-order valence-electron chi connectivity index (χ0n) is 36.5. The molecule has 0 aliphatic carbocycles. The second-order valence-corrected chi connectivity index (χ2v) is 14.2. The molecule has 0 heterocycles. The van der Waals surface area contributed by atoms with Crippen molar-refractivity contribution in [3.8, 4) is 0 Å². The van der Waals surface area contributed by atoms with Crippen molar-refractivity contribution in [2.75, 3.05) is 39.3 Å². The lowest BCUT2D eigenvalue weighted by molar-refractivity contribution is -0.192. The Bertz CT molecular complexity index is 2060. The summed E-state index contributed by atoms with van der Waals surface area (Å²) in [4.78, 5) is 99.4. The van der Waals surface area contributed by atoms with Crippen molar-refractivity contribution in [2.45, 2.75) is 63.3 Å². The van der Waals surface area contributed by atoms with Gasteiger partial charge in [-0.15, -0.1) is 0 Å². The number of amides is 9. The number of aliphatic imine (C=N–C) groups is 1. The Balaban J connectivity index is 0.00000203. The molecule has 21 nitrogen and oxygen atoms in total. The number of alkyl halides is 3. The molecule has 0 saturated heterocycles. The van der Waals surface area contributed by atoms with E-state index in [0.717, 1.165) is 22.3 Å². The molecule has 0 aromatic heterocycles. The van der Waals surface area contributed by atoms with Crippen molar-refractivity contribution in [3.63, 3.8) is 0 Å². The molecule has 0 aliphatic heterocycles. The molecule has 67 heavy (non-hydrogen) atoms. The van der Waals surface area contributed by atoms with E-state index in [0.29, 0.717) is 6.42 Å². The van der Waals surface area contributed by atoms with Crippen LogP contribution in [0.1, 0.15) is 60.3 Å². The lowest BCUT2D eigenvalue weighted by atomic mass is 9.90. The number of rotatable bonds is 24. The van der Waals surface area contributed by atoms with Crippen molar-refractivity contribution >= 4 is 53.5 Å². The first kappa shape index (κ1) is 55.4. The van der Waals surface area contributed by atoms with E-state index >= 15 is 0 Å². The molecule has 0 radical (unpaired) electrons. The summed E-state index contributed by atoms with van der Waals surface area (Å²) in [6.45, 7) is 1.45. The van der Waals surface area contributed by atoms with E-state index in [1.54, 1.807) is 12.1 Å². The van der Waals surface area contributed by atoms with Gasteiger partial charge in [0.1, 0.15) is 6.04 Å². The van der Waals surface area contributed by atoms with Gasteiger partial charge >= 0.3 is 24.2 Å². The summed E-state index contributed by atoms with van der Waals surface area (Å²) in [5, 5.41) is 28.2. The Morgan fingerprint density at radius 2 is 1.06 bits per heavy atom. The van der Waals surface area contributed by atoms with Crippen molar-refractivity contribution in [2.24, 2.45) is 22.2 Å². The highest BCUT2D eigenvalue weighted by molar-refractivity contribution is 5.95. The fourth-order valence-corrected chi connectivity index (χ4v) is 5.69. The van der Waals surface area contributed by atoms with E-state index in [9.17, 15) is 46.7 Å². The van der Waals surface area contributed by atoms with Gasteiger partial charge in [0.25, 0.3) is 0 Å². The number of nitrogens with zero attached hydrogens (tertiary/aromatic N) is 1. The van der Waals surface area contributed by atoms with E-state index in [2.05, 4.69) is 47.5 Å². The van der Waals surface area contributed by atoms with Crippen LogP contribution >= 0.6 is 0 Å². The van der Waals surface area contributed by atoms with Gasteiger partial charge in [0.05, 0.1) is 5.92 Å². The molecule has 24 heteroatoms. The largest absolute Gasteiger partial charge is 0.490 e. The Hall–Kier alpha value is -7.76. The van der Waals surface area contributed by atoms with Crippen LogP contribution < -0.4 is 59.7 Å². The van der Waals surface area contributed by atoms with Gasteiger partial charge in [0.15, 0.2) is 5.96 Å². The van der Waals surface area contributed by atoms with Gasteiger partial charge in [-0.25, -0.2) is 14.4 Å². The van der Waals surface area contributed by atoms with Gasteiger partial charge in [0, 0.05) is 71.6 Å². The van der Waals surface area contributed by atoms with Gasteiger partial charge in [-0.05, 0) is 35.1 Å². The Labute approximate surface area is 384 Å². The van der Waals surface area contributed by atoms with Crippen LogP contribution in [0.15, 0.2) is 89.9 Å². The number of hydrogen-bond donors (Lipinski definition) is 12. The molecular formula is C43H57F3N12O9. The van der Waals surface area contributed by atoms with Crippen LogP contribution in [-0.4, -0.2) is 110 Å². The average molecular weight is 943 g/mol. The summed E-state index contributed by atoms with van der Waals surface area (Å²) >= 11 is 0. The van der Waals surface area contributed by atoms with E-state index in [-0.39, 0.29) is 108 Å². The lowest BCUT2D eigenvalue weighted by Crippen LogP contribution is -2.48. The predicted octanol–water partition coefficient (Wildman–Crippen LogP) is 0.293. The van der Waals surface area contributed by atoms with Gasteiger partial charge in [-0.2, -0.15) is 13.2 Å². The third-order valence-electron chi connectivity index (χ3n) is 8.99. The summed E-state index contributed by atoms with van der Waals surface area (Å²) in [5.41, 5.74) is 19.5. The van der Waals surface area contributed by atoms with Crippen molar-refractivity contribution in [1.29, 1.82) is 0 Å². The van der Waals surface area contributed by atoms with E-state index in [1.807, 2.05) is 72.8 Å². The number of nitrogens with two attached hydrogens (primary N) is 3. The third kappa shape index (κ3) is 24.2. The number of aliphatic carboxylic acids is 1. The number of halogens is 3. The number of hydrogen-bond acceptors (Lipinski definition) is 10. The Morgan fingerprint density at radius 3 is 1.51 bits per heavy atom. The van der Waals surface area contributed by atoms with Gasteiger partial charge in [-0.3, -0.25) is 34.3 Å². The second-order valence-electron chi connectivity index (χ2n) is 14.2. The minimum Gasteiger partial charge on any atom is -0.475 e. The number of benzene rings is 3. The van der Waals surface area contributed by atoms with Crippen LogP contribution in [0.5, 0.6) is 0 Å². The van der Waals surface area contributed by atoms with Crippen LogP contribution in [0.2, 0.25) is 0 Å². The molecule has 0 spiro atoms. The number of guanidine groups is 1. The lowest BCUT2D eigenvalue weighted by Gasteiger charge is -2.23. The highest BCUT2D eigenvalue weighted by atomic mass is 19.4. The Kier molecular flexibility index (Phi) is 25.1. The molecule has 0 aliphatic rings. The number of carboxylic acids is 1. The van der Waals surface area contributed by atoms with Crippen LogP contribution in [0.4, 0.5) is 22.8 Å². The van der Waals surface area contributed by atoms with Crippen LogP contribution in [-0.2, 0) is 41.9 Å². The second kappa shape index (κ2) is 30.4. The smallest absolute Gasteiger partial charge is 0.475 e. The number of urea groups is 2. The summed E-state index contributed by atoms with van der Waals surface area (Å²) in [6.07, 6.45) is -4.47. The number of nitrogens with one attached hydrogen (secondary N) is 8. The van der Waals surface area contributed by atoms with Gasteiger partial charge in [-0.1, -0.05) is 84.9 Å². The quantitative estimate of drug-likeness (QED) is 0.0329. The highest BCUT2D eigenvalue weighted by Crippen LogP contribution is 2.25. The molecule has 3 aromatic carbocycles. The number of carbonyl (C=O) groups excluding carboxylic acids is 7. The van der Waals surface area contributed by atoms with Gasteiger partial charge in [0.2, 0.25) is 29.5 Å². The van der Waals surface area contributed by atoms with Crippen LogP contribution in [0, 0.1) is 0 Å². The first-order valence-electron chi connectivity index (χ1n) is 20.8. The summed E-state index contributed by atoms with van der Waals surface area (Å²) in [6, 6.07) is 23.5. The minimum atomic E-state index is -5.08. The first-order chi connectivity index (χ1) is 31.9. The normalized spacial score (nSPS) is 11.4. The summed E-state index contributed by atoms with van der Waals surface area (Å²) < 4.78 is 31.7. The van der Waals surface area contributed by atoms with E-state index in [1.165, 1.54) is 0 Å². The molecule has 3 rings (SSSR count). The zero-order valence-corrected chi connectivity index (χ0v) is 36.5. The van der Waals surface area contributed by atoms with Crippen molar-refractivity contribution in [1.82, 2.24) is 42.5 Å². The SMILES string of the molecule is NCCC(=O)NCCNC(=O)CCC(=O)NCCNC(=O)NC(N)=NCCC[C@H](NC(=O)C(c1ccccc1)c1ccccc1)C(=O)NCc1ccc(CNC(N)=O)cc1.O=C(O)C(F)(F)F. The first-order valence-corrected chi connectivity index (χ1v) is 20.8. The molecule has 0 bridgehead atoms. The zero-order chi connectivity index (χ0) is 49.6. The summed E-state index contributed by atoms with van der Waals surface area (Å²) in [5.74, 6) is -5.31. The standard InChI is InChI=1S/C41H56N12O7.C2HF3O2/c42-20-19-35(56)47-23-22-45-33(54)17-18-34(55)46-24-25-49-41(60)53-39(43)48-21-7-12-32(37(57)50-26-28-13-15-29(16-14-28)27-51-40(44)59)52-38(58)36(30-8-3-1-4-9-30)31-10-5-2-6-11-31;3-2(4,5)1(6)7/h1-6,8-11,13-16,32,36H,7,12,17-27,42H2,(H,45,54)(H,46,55)(H,47,56)(H,50,57)(H,52,58)(H3,44,51,59)(H4,43,48,49,53,60);(H,6,7)/t32-;/m0./s1. The average Bonchev–Trinajstić information content (AvgIpc) is 3.29. The van der Waals surface area contributed by atoms with Crippen LogP contribution in [0.25, 0.3) is 0 Å². The molecule has 9 amide bonds. The highest BCUT2D eigenvalue weighted by Gasteiger charge is 2.38. The number of primary amides is 1. The van der Waals surface area contributed by atoms with E-state index < -0.39 is 42.1 Å². The molecule has 364 valence electrons. The topological polar surface area (TPSA) is 343 Å². The third-order valence-corrected chi connectivity index (χ3v) is 8.99. The van der Waals surface area contributed by atoms with E-state index in [4.69, 9.17) is 27.1 Å². The molecule has 0 unspecified atom stereocenters. The monoisotopic (exact) mass is 942 g/mol. The molecule has 1 atom stereocenters. The minimum absolute atomic E-state index is 0.0440. The maximum Gasteiger partial charge on any atom is 0.490 e. The number of carboxylic acid groups (broad SMARTS) is 1. The van der Waals surface area contributed by atoms with Crippen molar-refractivity contribution < 1.29 is 56.6 Å². The Morgan fingerprint density at radius 1 is 0.612 bits per heavy atom. The number of carbonyl (C=O) groups is 8. The molecule has 3 aromatic rings. The fourth-order valence-electron chi connectivity index (χ4n) is 5.69. The fraction of sp³-hybridized carbons (Fsp3) is 0.372. The molecular weight excluding hydrogens is 886 g/mol. The van der Waals surface area contributed by atoms with Crippen LogP contribution in [0.3, 0.4) is 0 Å². The maximum atomic E-state index is 13.9. The molecule has 15 N–H and O–H groups in total. The predicted molar refractivity (Wildman–Crippen MR) is 239 cm³/mol. The van der Waals surface area contributed by atoms with Crippen molar-refractivity contribution in [3.05, 3.63) is 107 Å². The van der Waals surface area contributed by atoms with Gasteiger partial charge < -0.3 is 59.5 Å². The summed E-state index contributed by atoms with van der Waals surface area (Å²) in [7, 11) is 0. The maximum absolute atomic E-state index is 13.9. The molecule has 0 fully saturated rings. The molecule has 0 saturated carbocycles.